The minimum atomic E-state index is -1.55. The van der Waals surface area contributed by atoms with Gasteiger partial charge in [0.25, 0.3) is 0 Å². The largest absolute Gasteiger partial charge is 0.507 e. The molecule has 0 radical (unpaired) electrons. The standard InChI is InChI=1S/C38H62O6S2/c1-16-28(39)31(42)32(43)29(40)21-44-33-26(36(8,9)10)19-23(20-27(33)37(11,12)13)46-38(14,15)45-22-17-24(34(2,3)4)30(41)25(18-22)35(5,6)7/h17-20,28-29,31-32,39-43H,16,21H2,1-15H3. The molecule has 4 atom stereocenters. The summed E-state index contributed by atoms with van der Waals surface area (Å²) in [4.78, 5) is 2.20. The van der Waals surface area contributed by atoms with Crippen LogP contribution in [0.5, 0.6) is 11.5 Å². The molecule has 262 valence electrons. The predicted octanol–water partition coefficient (Wildman–Crippen LogP) is 8.44. The highest BCUT2D eigenvalue weighted by molar-refractivity contribution is 8.18. The quantitative estimate of drug-likeness (QED) is 0.119. The smallest absolute Gasteiger partial charge is 0.126 e. The van der Waals surface area contributed by atoms with E-state index in [1.54, 1.807) is 30.4 Å². The Labute approximate surface area is 287 Å². The molecule has 0 fully saturated rings. The second-order valence-electron chi connectivity index (χ2n) is 17.2. The molecule has 0 bridgehead atoms. The molecule has 6 nitrogen and oxygen atoms in total. The van der Waals surface area contributed by atoms with Gasteiger partial charge in [0, 0.05) is 32.0 Å². The summed E-state index contributed by atoms with van der Waals surface area (Å²) in [5.74, 6) is 1.04. The van der Waals surface area contributed by atoms with Crippen LogP contribution < -0.4 is 4.74 Å². The van der Waals surface area contributed by atoms with Gasteiger partial charge in [0.2, 0.25) is 0 Å². The van der Waals surface area contributed by atoms with Crippen molar-refractivity contribution in [3.05, 3.63) is 46.5 Å². The van der Waals surface area contributed by atoms with Crippen LogP contribution in [0.1, 0.15) is 133 Å². The molecule has 0 aliphatic carbocycles. The monoisotopic (exact) mass is 678 g/mol. The van der Waals surface area contributed by atoms with Gasteiger partial charge < -0.3 is 30.3 Å². The summed E-state index contributed by atoms with van der Waals surface area (Å²) in [6, 6.07) is 8.58. The Morgan fingerprint density at radius 3 is 1.22 bits per heavy atom. The maximum absolute atomic E-state index is 11.2. The van der Waals surface area contributed by atoms with Crippen molar-refractivity contribution < 1.29 is 30.3 Å². The van der Waals surface area contributed by atoms with E-state index < -0.39 is 24.4 Å². The normalized spacial score (nSPS) is 16.2. The minimum Gasteiger partial charge on any atom is -0.507 e. The zero-order chi connectivity index (χ0) is 35.8. The van der Waals surface area contributed by atoms with E-state index in [1.165, 1.54) is 0 Å². The van der Waals surface area contributed by atoms with Gasteiger partial charge >= 0.3 is 0 Å². The first-order valence-electron chi connectivity index (χ1n) is 16.4. The van der Waals surface area contributed by atoms with E-state index in [1.807, 2.05) is 0 Å². The molecule has 8 heteroatoms. The lowest BCUT2D eigenvalue weighted by Crippen LogP contribution is -2.46. The molecule has 0 saturated heterocycles. The van der Waals surface area contributed by atoms with Gasteiger partial charge in [0.1, 0.15) is 36.4 Å². The van der Waals surface area contributed by atoms with Gasteiger partial charge in [-0.25, -0.2) is 0 Å². The van der Waals surface area contributed by atoms with Gasteiger partial charge in [0.15, 0.2) is 0 Å². The highest BCUT2D eigenvalue weighted by Crippen LogP contribution is 2.51. The van der Waals surface area contributed by atoms with E-state index in [2.05, 4.69) is 121 Å². The molecule has 2 rings (SSSR count). The van der Waals surface area contributed by atoms with Crippen molar-refractivity contribution in [1.82, 2.24) is 0 Å². The highest BCUT2D eigenvalue weighted by Gasteiger charge is 2.34. The van der Waals surface area contributed by atoms with Crippen molar-refractivity contribution in [2.24, 2.45) is 0 Å². The fraction of sp³-hybridized carbons (Fsp3) is 0.684. The van der Waals surface area contributed by atoms with Crippen LogP contribution in [0.25, 0.3) is 0 Å². The SMILES string of the molecule is CCC(O)C(O)C(O)C(O)COc1c(C(C)(C)C)cc(SC(C)(C)Sc2cc(C(C)(C)C)c(O)c(C(C)(C)C)c2)cc1C(C)(C)C. The van der Waals surface area contributed by atoms with E-state index in [0.29, 0.717) is 11.5 Å². The fourth-order valence-electron chi connectivity index (χ4n) is 5.29. The molecule has 2 aromatic rings. The fourth-order valence-corrected chi connectivity index (χ4v) is 7.88. The molecule has 0 aliphatic heterocycles. The zero-order valence-corrected chi connectivity index (χ0v) is 32.6. The Bertz CT molecular complexity index is 1250. The topological polar surface area (TPSA) is 110 Å². The molecule has 0 saturated carbocycles. The summed E-state index contributed by atoms with van der Waals surface area (Å²) in [6.07, 6.45) is -5.29. The third-order valence-corrected chi connectivity index (χ3v) is 10.5. The second-order valence-corrected chi connectivity index (χ2v) is 20.8. The lowest BCUT2D eigenvalue weighted by Gasteiger charge is -2.33. The van der Waals surface area contributed by atoms with Gasteiger partial charge in [-0.1, -0.05) is 90.0 Å². The first kappa shape index (κ1) is 40.8. The molecule has 0 aliphatic rings. The van der Waals surface area contributed by atoms with Crippen molar-refractivity contribution >= 4 is 23.5 Å². The summed E-state index contributed by atoms with van der Waals surface area (Å²) in [6.45, 7) is 31.4. The Morgan fingerprint density at radius 1 is 0.565 bits per heavy atom. The van der Waals surface area contributed by atoms with Crippen LogP contribution in [0.4, 0.5) is 0 Å². The number of thioether (sulfide) groups is 2. The van der Waals surface area contributed by atoms with Gasteiger partial charge in [-0.2, -0.15) is 0 Å². The number of hydrogen-bond acceptors (Lipinski definition) is 8. The predicted molar refractivity (Wildman–Crippen MR) is 195 cm³/mol. The third kappa shape index (κ3) is 10.5. The first-order chi connectivity index (χ1) is 20.6. The molecule has 5 N–H and O–H groups in total. The number of phenols is 1. The third-order valence-electron chi connectivity index (χ3n) is 8.06. The average molecular weight is 679 g/mol. The molecule has 0 amide bonds. The van der Waals surface area contributed by atoms with Crippen molar-refractivity contribution in [3.63, 3.8) is 0 Å². The Morgan fingerprint density at radius 2 is 0.891 bits per heavy atom. The van der Waals surface area contributed by atoms with Crippen LogP contribution in [-0.4, -0.2) is 60.6 Å². The number of hydrogen-bond donors (Lipinski definition) is 5. The summed E-state index contributed by atoms with van der Waals surface area (Å²) >= 11 is 3.56. The summed E-state index contributed by atoms with van der Waals surface area (Å²) in [7, 11) is 0. The maximum atomic E-state index is 11.2. The van der Waals surface area contributed by atoms with E-state index in [9.17, 15) is 25.5 Å². The average Bonchev–Trinajstić information content (AvgIpc) is 2.88. The van der Waals surface area contributed by atoms with Gasteiger partial charge in [0.05, 0.1) is 10.2 Å². The van der Waals surface area contributed by atoms with Crippen LogP contribution in [-0.2, 0) is 21.7 Å². The summed E-state index contributed by atoms with van der Waals surface area (Å²) < 4.78 is 6.04. The minimum absolute atomic E-state index is 0.214. The van der Waals surface area contributed by atoms with Crippen LogP contribution in [0.3, 0.4) is 0 Å². The van der Waals surface area contributed by atoms with Gasteiger partial charge in [-0.15, -0.1) is 23.5 Å². The molecule has 2 aromatic carbocycles. The first-order valence-corrected chi connectivity index (χ1v) is 18.0. The second kappa shape index (κ2) is 14.6. The van der Waals surface area contributed by atoms with Crippen LogP contribution >= 0.6 is 23.5 Å². The maximum Gasteiger partial charge on any atom is 0.126 e. The van der Waals surface area contributed by atoms with Crippen LogP contribution in [0.2, 0.25) is 0 Å². The lowest BCUT2D eigenvalue weighted by atomic mass is 9.79. The van der Waals surface area contributed by atoms with E-state index in [4.69, 9.17) is 4.74 Å². The van der Waals surface area contributed by atoms with E-state index >= 15 is 0 Å². The number of rotatable bonds is 11. The van der Waals surface area contributed by atoms with Crippen molar-refractivity contribution in [2.45, 2.75) is 170 Å². The number of benzene rings is 2. The molecular formula is C38H62O6S2. The van der Waals surface area contributed by atoms with Crippen molar-refractivity contribution in [2.75, 3.05) is 6.61 Å². The Kier molecular flexibility index (Phi) is 12.9. The number of aliphatic hydroxyl groups is 4. The molecule has 0 spiro atoms. The van der Waals surface area contributed by atoms with Gasteiger partial charge in [-0.05, 0) is 66.2 Å². The highest BCUT2D eigenvalue weighted by atomic mass is 32.2. The molecular weight excluding hydrogens is 617 g/mol. The molecule has 0 aromatic heterocycles. The molecule has 4 unspecified atom stereocenters. The van der Waals surface area contributed by atoms with Crippen LogP contribution in [0, 0.1) is 0 Å². The van der Waals surface area contributed by atoms with Gasteiger partial charge in [-0.3, -0.25) is 0 Å². The number of aliphatic hydroxyl groups excluding tert-OH is 4. The van der Waals surface area contributed by atoms with Crippen molar-refractivity contribution in [3.8, 4) is 11.5 Å². The number of aromatic hydroxyl groups is 1. The molecule has 0 heterocycles. The van der Waals surface area contributed by atoms with Crippen LogP contribution in [0.15, 0.2) is 34.1 Å². The number of ether oxygens (including phenoxy) is 1. The zero-order valence-electron chi connectivity index (χ0n) is 31.0. The Balaban J connectivity index is 2.56. The summed E-state index contributed by atoms with van der Waals surface area (Å²) in [5, 5.41) is 52.7. The Hall–Kier alpha value is -1.42. The van der Waals surface area contributed by atoms with Crippen molar-refractivity contribution in [1.29, 1.82) is 0 Å². The van der Waals surface area contributed by atoms with E-state index in [-0.39, 0.29) is 38.8 Å². The van der Waals surface area contributed by atoms with E-state index in [0.717, 1.165) is 32.0 Å². The lowest BCUT2D eigenvalue weighted by molar-refractivity contribution is -0.113. The number of phenolic OH excluding ortho intramolecular Hbond substituents is 1. The summed E-state index contributed by atoms with van der Waals surface area (Å²) in [5.41, 5.74) is 2.82. The molecule has 46 heavy (non-hydrogen) atoms.